The van der Waals surface area contributed by atoms with Crippen molar-refractivity contribution in [3.8, 4) is 0 Å². The van der Waals surface area contributed by atoms with Crippen molar-refractivity contribution in [3.63, 3.8) is 0 Å². The number of nitrogens with zero attached hydrogens (tertiary/aromatic N) is 4. The molecule has 0 aliphatic heterocycles. The van der Waals surface area contributed by atoms with Crippen molar-refractivity contribution in [1.29, 1.82) is 0 Å². The fourth-order valence-electron chi connectivity index (χ4n) is 2.03. The summed E-state index contributed by atoms with van der Waals surface area (Å²) >= 11 is 6.21. The summed E-state index contributed by atoms with van der Waals surface area (Å²) in [6.07, 6.45) is 2.24. The summed E-state index contributed by atoms with van der Waals surface area (Å²) in [6.45, 7) is 5.65. The molecule has 0 N–H and O–H groups in total. The van der Waals surface area contributed by atoms with E-state index in [1.807, 2.05) is 31.2 Å². The van der Waals surface area contributed by atoms with Crippen LogP contribution in [0.2, 0.25) is 5.15 Å². The highest BCUT2D eigenvalue weighted by Gasteiger charge is 2.14. The minimum absolute atomic E-state index is 0.368. The molecule has 1 aromatic heterocycles. The van der Waals surface area contributed by atoms with E-state index < -0.39 is 0 Å². The first-order chi connectivity index (χ1) is 9.17. The van der Waals surface area contributed by atoms with E-state index in [1.165, 1.54) is 0 Å². The van der Waals surface area contributed by atoms with E-state index in [0.717, 1.165) is 22.0 Å². The average Bonchev–Trinajstić information content (AvgIpc) is 2.39. The summed E-state index contributed by atoms with van der Waals surface area (Å²) in [7, 11) is 0. The third kappa shape index (κ3) is 2.70. The van der Waals surface area contributed by atoms with Crippen LogP contribution in [0.5, 0.6) is 0 Å². The van der Waals surface area contributed by atoms with E-state index in [4.69, 9.17) is 17.1 Å². The molecular weight excluding hydrogens is 260 g/mol. The van der Waals surface area contributed by atoms with Crippen LogP contribution in [0.3, 0.4) is 0 Å². The predicted molar refractivity (Wildman–Crippen MR) is 78.2 cm³/mol. The molecule has 0 spiro atoms. The quantitative estimate of drug-likeness (QED) is 0.250. The second kappa shape index (κ2) is 5.74. The second-order valence-corrected chi connectivity index (χ2v) is 4.62. The molecule has 0 amide bonds. The van der Waals surface area contributed by atoms with Crippen LogP contribution in [0.25, 0.3) is 21.3 Å². The van der Waals surface area contributed by atoms with Gasteiger partial charge in [-0.05, 0) is 36.1 Å². The molecule has 1 atom stereocenters. The van der Waals surface area contributed by atoms with Crippen LogP contribution in [0, 0.1) is 6.92 Å². The molecule has 5 heteroatoms. The smallest absolute Gasteiger partial charge is 0.133 e. The Morgan fingerprint density at radius 1 is 1.58 bits per heavy atom. The Kier molecular flexibility index (Phi) is 4.05. The number of para-hydroxylation sites is 1. The lowest BCUT2D eigenvalue weighted by Gasteiger charge is -2.12. The van der Waals surface area contributed by atoms with Gasteiger partial charge in [-0.25, -0.2) is 4.98 Å². The van der Waals surface area contributed by atoms with Crippen LogP contribution in [0.4, 0.5) is 0 Å². The molecule has 96 valence electrons. The molecule has 0 bridgehead atoms. The van der Waals surface area contributed by atoms with Crippen LogP contribution in [0.15, 0.2) is 42.0 Å². The summed E-state index contributed by atoms with van der Waals surface area (Å²) in [6, 6.07) is 7.48. The lowest BCUT2D eigenvalue weighted by Crippen LogP contribution is -1.97. The summed E-state index contributed by atoms with van der Waals surface area (Å²) in [5.74, 6) is 0. The largest absolute Gasteiger partial charge is 0.236 e. The number of azide groups is 1. The highest BCUT2D eigenvalue weighted by atomic mass is 35.5. The van der Waals surface area contributed by atoms with Gasteiger partial charge in [0.2, 0.25) is 0 Å². The zero-order valence-electron chi connectivity index (χ0n) is 10.5. The number of fused-ring (bicyclic) bond motifs is 1. The number of aryl methyl sites for hydroxylation is 1. The van der Waals surface area contributed by atoms with Crippen molar-refractivity contribution in [3.05, 3.63) is 63.6 Å². The Morgan fingerprint density at radius 2 is 2.37 bits per heavy atom. The molecule has 0 unspecified atom stereocenters. The van der Waals surface area contributed by atoms with Gasteiger partial charge in [0.25, 0.3) is 0 Å². The number of rotatable bonds is 4. The summed E-state index contributed by atoms with van der Waals surface area (Å²) in [4.78, 5) is 7.27. The number of benzene rings is 1. The van der Waals surface area contributed by atoms with Gasteiger partial charge < -0.3 is 0 Å². The molecule has 19 heavy (non-hydrogen) atoms. The molecule has 0 fully saturated rings. The van der Waals surface area contributed by atoms with E-state index in [0.29, 0.717) is 11.6 Å². The maximum Gasteiger partial charge on any atom is 0.133 e. The normalized spacial score (nSPS) is 11.9. The number of aromatic nitrogens is 1. The molecule has 4 nitrogen and oxygen atoms in total. The van der Waals surface area contributed by atoms with Crippen molar-refractivity contribution in [2.75, 3.05) is 0 Å². The average molecular weight is 273 g/mol. The Morgan fingerprint density at radius 3 is 3.05 bits per heavy atom. The molecule has 0 aliphatic carbocycles. The van der Waals surface area contributed by atoms with Gasteiger partial charge in [-0.15, -0.1) is 6.58 Å². The van der Waals surface area contributed by atoms with Crippen molar-refractivity contribution in [2.24, 2.45) is 5.11 Å². The molecule has 0 aliphatic rings. The Bertz CT molecular complexity index is 674. The molecular formula is C14H13ClN4. The van der Waals surface area contributed by atoms with E-state index in [2.05, 4.69) is 21.6 Å². The first-order valence-corrected chi connectivity index (χ1v) is 6.26. The van der Waals surface area contributed by atoms with Crippen molar-refractivity contribution < 1.29 is 0 Å². The lowest BCUT2D eigenvalue weighted by molar-refractivity contribution is 0.732. The molecule has 0 saturated heterocycles. The fourth-order valence-corrected chi connectivity index (χ4v) is 2.30. The third-order valence-corrected chi connectivity index (χ3v) is 3.27. The van der Waals surface area contributed by atoms with Gasteiger partial charge >= 0.3 is 0 Å². The monoisotopic (exact) mass is 272 g/mol. The van der Waals surface area contributed by atoms with Crippen molar-refractivity contribution in [2.45, 2.75) is 19.4 Å². The number of pyridine rings is 1. The van der Waals surface area contributed by atoms with Gasteiger partial charge in [0, 0.05) is 10.3 Å². The van der Waals surface area contributed by atoms with Crippen LogP contribution >= 0.6 is 11.6 Å². The topological polar surface area (TPSA) is 61.7 Å². The molecule has 2 aromatic rings. The fraction of sp³-hybridized carbons (Fsp3) is 0.214. The van der Waals surface area contributed by atoms with Crippen molar-refractivity contribution >= 4 is 22.5 Å². The third-order valence-electron chi connectivity index (χ3n) is 2.97. The molecule has 1 aromatic carbocycles. The summed E-state index contributed by atoms with van der Waals surface area (Å²) < 4.78 is 0. The minimum atomic E-state index is -0.368. The highest BCUT2D eigenvalue weighted by Crippen LogP contribution is 2.31. The van der Waals surface area contributed by atoms with Gasteiger partial charge in [-0.3, -0.25) is 0 Å². The van der Waals surface area contributed by atoms with Crippen molar-refractivity contribution in [1.82, 2.24) is 4.98 Å². The number of hydrogen-bond donors (Lipinski definition) is 0. The summed E-state index contributed by atoms with van der Waals surface area (Å²) in [5, 5.41) is 5.12. The Labute approximate surface area is 116 Å². The molecule has 0 saturated carbocycles. The SMILES string of the molecule is C=CC[C@H](N=[N+]=[N-])c1cc2cccc(C)c2nc1Cl. The second-order valence-electron chi connectivity index (χ2n) is 4.26. The molecule has 1 heterocycles. The molecule has 2 rings (SSSR count). The van der Waals surface area contributed by atoms with Gasteiger partial charge in [-0.2, -0.15) is 0 Å². The Hall–Kier alpha value is -2.03. The van der Waals surface area contributed by atoms with Gasteiger partial charge in [0.15, 0.2) is 0 Å². The lowest BCUT2D eigenvalue weighted by atomic mass is 10.0. The van der Waals surface area contributed by atoms with Gasteiger partial charge in [-0.1, -0.05) is 41.0 Å². The van der Waals surface area contributed by atoms with Gasteiger partial charge in [0.05, 0.1) is 11.6 Å². The van der Waals surface area contributed by atoms with E-state index in [-0.39, 0.29) is 6.04 Å². The first kappa shape index (κ1) is 13.4. The highest BCUT2D eigenvalue weighted by molar-refractivity contribution is 6.30. The maximum absolute atomic E-state index is 8.63. The van der Waals surface area contributed by atoms with E-state index >= 15 is 0 Å². The standard InChI is InChI=1S/C14H13ClN4/c1-3-5-12(18-19-16)11-8-10-7-4-6-9(2)13(10)17-14(11)15/h3-4,6-8,12H,1,5H2,2H3/t12-/m0/s1. The molecule has 0 radical (unpaired) electrons. The van der Waals surface area contributed by atoms with Crippen LogP contribution in [-0.4, -0.2) is 4.98 Å². The zero-order chi connectivity index (χ0) is 13.8. The van der Waals surface area contributed by atoms with Crippen LogP contribution in [-0.2, 0) is 0 Å². The number of hydrogen-bond acceptors (Lipinski definition) is 2. The number of halogens is 1. The maximum atomic E-state index is 8.63. The van der Waals surface area contributed by atoms with E-state index in [1.54, 1.807) is 6.08 Å². The first-order valence-electron chi connectivity index (χ1n) is 5.88. The van der Waals surface area contributed by atoms with Crippen LogP contribution < -0.4 is 0 Å². The minimum Gasteiger partial charge on any atom is -0.236 e. The van der Waals surface area contributed by atoms with Crippen LogP contribution in [0.1, 0.15) is 23.6 Å². The zero-order valence-corrected chi connectivity index (χ0v) is 11.3. The Balaban J connectivity index is 2.63. The predicted octanol–water partition coefficient (Wildman–Crippen LogP) is 5.12. The summed E-state index contributed by atoms with van der Waals surface area (Å²) in [5.41, 5.74) is 11.3. The van der Waals surface area contributed by atoms with E-state index in [9.17, 15) is 0 Å². The van der Waals surface area contributed by atoms with Gasteiger partial charge in [0.1, 0.15) is 5.15 Å².